The Morgan fingerprint density at radius 1 is 0.950 bits per heavy atom. The number of hydrogen-bond donors (Lipinski definition) is 1. The number of aliphatic hydroxyl groups excluding tert-OH is 1. The lowest BCUT2D eigenvalue weighted by Crippen LogP contribution is -2.04. The van der Waals surface area contributed by atoms with Crippen LogP contribution in [0.15, 0.2) is 36.4 Å². The Labute approximate surface area is 115 Å². The van der Waals surface area contributed by atoms with E-state index in [9.17, 15) is 18.3 Å². The normalized spacial score (nSPS) is 12.4. The maximum absolute atomic E-state index is 13.6. The number of halogens is 3. The molecule has 0 fully saturated rings. The highest BCUT2D eigenvalue weighted by Gasteiger charge is 2.18. The van der Waals surface area contributed by atoms with Gasteiger partial charge in [0.25, 0.3) is 0 Å². The van der Waals surface area contributed by atoms with Gasteiger partial charge < -0.3 is 5.11 Å². The van der Waals surface area contributed by atoms with Crippen LogP contribution in [0.3, 0.4) is 0 Å². The van der Waals surface area contributed by atoms with Crippen molar-refractivity contribution in [1.29, 1.82) is 0 Å². The van der Waals surface area contributed by atoms with E-state index in [2.05, 4.69) is 6.92 Å². The molecule has 1 atom stereocenters. The third-order valence-electron chi connectivity index (χ3n) is 3.17. The Bertz CT molecular complexity index is 593. The summed E-state index contributed by atoms with van der Waals surface area (Å²) in [6.07, 6.45) is 0.594. The van der Waals surface area contributed by atoms with Gasteiger partial charge in [-0.05, 0) is 23.6 Å². The average Bonchev–Trinajstić information content (AvgIpc) is 2.43. The zero-order chi connectivity index (χ0) is 14.7. The molecule has 0 saturated carbocycles. The largest absolute Gasteiger partial charge is 0.384 e. The fourth-order valence-corrected chi connectivity index (χ4v) is 2.08. The molecule has 0 saturated heterocycles. The molecule has 0 heterocycles. The lowest BCUT2D eigenvalue weighted by molar-refractivity contribution is 0.214. The van der Waals surface area contributed by atoms with Gasteiger partial charge in [0.05, 0.1) is 0 Å². The minimum absolute atomic E-state index is 0.271. The van der Waals surface area contributed by atoms with Crippen LogP contribution in [0.2, 0.25) is 0 Å². The molecule has 0 bridgehead atoms. The SMILES string of the molecule is CCCc1ccc(C(O)c2cc(F)c(F)cc2F)cc1. The highest BCUT2D eigenvalue weighted by atomic mass is 19.2. The molecule has 20 heavy (non-hydrogen) atoms. The molecular formula is C16H15F3O. The summed E-state index contributed by atoms with van der Waals surface area (Å²) in [6.45, 7) is 2.05. The standard InChI is InChI=1S/C16H15F3O/c1-2-3-10-4-6-11(7-5-10)16(20)12-8-14(18)15(19)9-13(12)17/h4-9,16,20H,2-3H2,1H3. The first-order valence-corrected chi connectivity index (χ1v) is 6.44. The lowest BCUT2D eigenvalue weighted by Gasteiger charge is -2.13. The summed E-state index contributed by atoms with van der Waals surface area (Å²) in [4.78, 5) is 0. The van der Waals surface area contributed by atoms with Crippen molar-refractivity contribution in [2.75, 3.05) is 0 Å². The zero-order valence-corrected chi connectivity index (χ0v) is 11.0. The van der Waals surface area contributed by atoms with Gasteiger partial charge >= 0.3 is 0 Å². The highest BCUT2D eigenvalue weighted by Crippen LogP contribution is 2.26. The molecule has 1 N–H and O–H groups in total. The second-order valence-electron chi connectivity index (χ2n) is 4.68. The van der Waals surface area contributed by atoms with Gasteiger partial charge in [-0.1, -0.05) is 37.6 Å². The van der Waals surface area contributed by atoms with E-state index in [-0.39, 0.29) is 5.56 Å². The number of hydrogen-bond acceptors (Lipinski definition) is 1. The molecule has 1 nitrogen and oxygen atoms in total. The average molecular weight is 280 g/mol. The summed E-state index contributed by atoms with van der Waals surface area (Å²) < 4.78 is 39.6. The van der Waals surface area contributed by atoms with E-state index in [0.29, 0.717) is 17.7 Å². The van der Waals surface area contributed by atoms with E-state index in [0.717, 1.165) is 18.4 Å². The summed E-state index contributed by atoms with van der Waals surface area (Å²) in [5.74, 6) is -3.41. The molecule has 0 radical (unpaired) electrons. The van der Waals surface area contributed by atoms with Crippen LogP contribution in [-0.2, 0) is 6.42 Å². The second-order valence-corrected chi connectivity index (χ2v) is 4.68. The molecule has 2 aromatic rings. The Balaban J connectivity index is 2.31. The van der Waals surface area contributed by atoms with Gasteiger partial charge in [0.1, 0.15) is 11.9 Å². The minimum Gasteiger partial charge on any atom is -0.384 e. The smallest absolute Gasteiger partial charge is 0.161 e. The molecule has 0 aliphatic carbocycles. The topological polar surface area (TPSA) is 20.2 Å². The molecule has 0 aliphatic heterocycles. The maximum atomic E-state index is 13.6. The van der Waals surface area contributed by atoms with Crippen molar-refractivity contribution in [2.45, 2.75) is 25.9 Å². The van der Waals surface area contributed by atoms with Gasteiger partial charge in [-0.2, -0.15) is 0 Å². The Kier molecular flexibility index (Phi) is 4.45. The molecule has 2 aromatic carbocycles. The molecule has 0 aliphatic rings. The molecule has 0 aromatic heterocycles. The minimum atomic E-state index is -1.32. The van der Waals surface area contributed by atoms with Gasteiger partial charge in [0.2, 0.25) is 0 Å². The van der Waals surface area contributed by atoms with E-state index in [1.807, 2.05) is 12.1 Å². The molecule has 106 valence electrons. The summed E-state index contributed by atoms with van der Waals surface area (Å²) in [7, 11) is 0. The van der Waals surface area contributed by atoms with Crippen LogP contribution < -0.4 is 0 Å². The summed E-state index contributed by atoms with van der Waals surface area (Å²) in [6, 6.07) is 8.13. The molecule has 0 amide bonds. The van der Waals surface area contributed by atoms with E-state index in [1.54, 1.807) is 12.1 Å². The molecule has 1 unspecified atom stereocenters. The first-order chi connectivity index (χ1) is 9.52. The van der Waals surface area contributed by atoms with Crippen LogP contribution in [0.5, 0.6) is 0 Å². The molecular weight excluding hydrogens is 265 g/mol. The van der Waals surface area contributed by atoms with Gasteiger partial charge in [-0.15, -0.1) is 0 Å². The maximum Gasteiger partial charge on any atom is 0.161 e. The van der Waals surface area contributed by atoms with E-state index < -0.39 is 23.6 Å². The van der Waals surface area contributed by atoms with Crippen LogP contribution in [0.4, 0.5) is 13.2 Å². The molecule has 0 spiro atoms. The summed E-state index contributed by atoms with van der Waals surface area (Å²) in [5, 5.41) is 10.1. The van der Waals surface area contributed by atoms with E-state index in [4.69, 9.17) is 0 Å². The van der Waals surface area contributed by atoms with Crippen molar-refractivity contribution in [3.8, 4) is 0 Å². The highest BCUT2D eigenvalue weighted by molar-refractivity contribution is 5.33. The quantitative estimate of drug-likeness (QED) is 0.835. The Morgan fingerprint density at radius 3 is 2.15 bits per heavy atom. The van der Waals surface area contributed by atoms with Gasteiger partial charge in [0, 0.05) is 11.6 Å². The van der Waals surface area contributed by atoms with E-state index in [1.165, 1.54) is 0 Å². The third kappa shape index (κ3) is 3.02. The van der Waals surface area contributed by atoms with Crippen molar-refractivity contribution >= 4 is 0 Å². The van der Waals surface area contributed by atoms with Crippen LogP contribution in [0.1, 0.15) is 36.1 Å². The number of benzene rings is 2. The van der Waals surface area contributed by atoms with Crippen molar-refractivity contribution in [3.05, 3.63) is 70.5 Å². The van der Waals surface area contributed by atoms with Crippen molar-refractivity contribution < 1.29 is 18.3 Å². The Morgan fingerprint density at radius 2 is 1.55 bits per heavy atom. The van der Waals surface area contributed by atoms with Crippen LogP contribution in [0, 0.1) is 17.5 Å². The predicted octanol–water partition coefficient (Wildman–Crippen LogP) is 4.14. The van der Waals surface area contributed by atoms with Crippen molar-refractivity contribution in [3.63, 3.8) is 0 Å². The zero-order valence-electron chi connectivity index (χ0n) is 11.0. The fourth-order valence-electron chi connectivity index (χ4n) is 2.08. The summed E-state index contributed by atoms with van der Waals surface area (Å²) in [5.41, 5.74) is 1.27. The first kappa shape index (κ1) is 14.6. The van der Waals surface area contributed by atoms with E-state index >= 15 is 0 Å². The first-order valence-electron chi connectivity index (χ1n) is 6.44. The van der Waals surface area contributed by atoms with Crippen LogP contribution in [0.25, 0.3) is 0 Å². The second kappa shape index (κ2) is 6.09. The number of aryl methyl sites for hydroxylation is 1. The fraction of sp³-hybridized carbons (Fsp3) is 0.250. The van der Waals surface area contributed by atoms with Gasteiger partial charge in [-0.25, -0.2) is 13.2 Å². The Hall–Kier alpha value is -1.81. The molecule has 2 rings (SSSR count). The van der Waals surface area contributed by atoms with Gasteiger partial charge in [0.15, 0.2) is 11.6 Å². The lowest BCUT2D eigenvalue weighted by atomic mass is 9.99. The summed E-state index contributed by atoms with van der Waals surface area (Å²) >= 11 is 0. The van der Waals surface area contributed by atoms with Crippen LogP contribution in [-0.4, -0.2) is 5.11 Å². The third-order valence-corrected chi connectivity index (χ3v) is 3.17. The monoisotopic (exact) mass is 280 g/mol. The van der Waals surface area contributed by atoms with Gasteiger partial charge in [-0.3, -0.25) is 0 Å². The predicted molar refractivity (Wildman–Crippen MR) is 70.8 cm³/mol. The van der Waals surface area contributed by atoms with Crippen LogP contribution >= 0.6 is 0 Å². The number of aliphatic hydroxyl groups is 1. The molecule has 4 heteroatoms. The van der Waals surface area contributed by atoms with Crippen molar-refractivity contribution in [1.82, 2.24) is 0 Å². The van der Waals surface area contributed by atoms with Crippen molar-refractivity contribution in [2.24, 2.45) is 0 Å². The number of rotatable bonds is 4.